The van der Waals surface area contributed by atoms with Crippen molar-refractivity contribution in [2.24, 2.45) is 0 Å². The molecule has 0 saturated carbocycles. The lowest BCUT2D eigenvalue weighted by atomic mass is 10.1. The quantitative estimate of drug-likeness (QED) is 0.879. The number of alkyl halides is 3. The van der Waals surface area contributed by atoms with E-state index < -0.39 is 23.2 Å². The van der Waals surface area contributed by atoms with Crippen molar-refractivity contribution in [1.29, 1.82) is 0 Å². The maximum absolute atomic E-state index is 13.0. The molecule has 0 aliphatic carbocycles. The molecule has 1 aromatic heterocycles. The summed E-state index contributed by atoms with van der Waals surface area (Å²) in [5.74, 6) is -0.782. The predicted molar refractivity (Wildman–Crippen MR) is 73.6 cm³/mol. The Morgan fingerprint density at radius 2 is 2.14 bits per heavy atom. The Morgan fingerprint density at radius 3 is 2.71 bits per heavy atom. The van der Waals surface area contributed by atoms with Crippen molar-refractivity contribution in [3.63, 3.8) is 0 Å². The first-order chi connectivity index (χ1) is 9.79. The molecule has 0 radical (unpaired) electrons. The molecule has 1 heterocycles. The molecule has 2 aromatic rings. The Bertz CT molecular complexity index is 667. The third kappa shape index (κ3) is 3.63. The molecule has 0 aliphatic heterocycles. The lowest BCUT2D eigenvalue weighted by Crippen LogP contribution is -2.26. The van der Waals surface area contributed by atoms with Gasteiger partial charge >= 0.3 is 6.18 Å². The van der Waals surface area contributed by atoms with Gasteiger partial charge in [0.25, 0.3) is 5.91 Å². The van der Waals surface area contributed by atoms with E-state index in [1.165, 1.54) is 12.3 Å². The molecule has 2 rings (SSSR count). The zero-order valence-electron chi connectivity index (χ0n) is 10.9. The first kappa shape index (κ1) is 15.6. The van der Waals surface area contributed by atoms with E-state index in [0.717, 1.165) is 17.8 Å². The van der Waals surface area contributed by atoms with E-state index in [1.807, 2.05) is 0 Å². The second-order valence-corrected chi connectivity index (χ2v) is 5.31. The van der Waals surface area contributed by atoms with Gasteiger partial charge in [-0.05, 0) is 25.1 Å². The minimum absolute atomic E-state index is 0.106. The van der Waals surface area contributed by atoms with Crippen LogP contribution in [0.5, 0.6) is 0 Å². The fourth-order valence-electron chi connectivity index (χ4n) is 1.77. The Morgan fingerprint density at radius 1 is 1.43 bits per heavy atom. The topological polar surface area (TPSA) is 57.8 Å². The summed E-state index contributed by atoms with van der Waals surface area (Å²) < 4.78 is 39.1. The van der Waals surface area contributed by atoms with Gasteiger partial charge in [-0.25, -0.2) is 0 Å². The molecule has 8 heteroatoms. The summed E-state index contributed by atoms with van der Waals surface area (Å²) in [4.78, 5) is 12.0. The number of hydrogen-bond acceptors (Lipinski definition) is 2. The van der Waals surface area contributed by atoms with Crippen LogP contribution in [0.1, 0.15) is 27.2 Å². The fraction of sp³-hybridized carbons (Fsp3) is 0.231. The number of carbonyl (C=O) groups excluding carboxylic acids is 1. The number of rotatable bonds is 3. The number of aryl methyl sites for hydroxylation is 1. The number of amides is 1. The molecule has 0 aliphatic rings. The van der Waals surface area contributed by atoms with E-state index in [-0.39, 0.29) is 11.0 Å². The third-order valence-electron chi connectivity index (χ3n) is 2.91. The monoisotopic (exact) mass is 361 g/mol. The van der Waals surface area contributed by atoms with Crippen molar-refractivity contribution in [3.8, 4) is 0 Å². The van der Waals surface area contributed by atoms with Crippen molar-refractivity contribution in [2.45, 2.75) is 19.6 Å². The normalized spacial score (nSPS) is 11.5. The Kier molecular flexibility index (Phi) is 4.36. The highest BCUT2D eigenvalue weighted by Crippen LogP contribution is 2.33. The van der Waals surface area contributed by atoms with Crippen LogP contribution in [0.15, 0.2) is 28.9 Å². The number of aromatic amines is 1. The average molecular weight is 362 g/mol. The summed E-state index contributed by atoms with van der Waals surface area (Å²) in [5, 5.41) is 8.93. The minimum atomic E-state index is -4.60. The molecule has 0 fully saturated rings. The number of hydrogen-bond donors (Lipinski definition) is 2. The van der Waals surface area contributed by atoms with E-state index in [4.69, 9.17) is 0 Å². The molecular formula is C13H11BrF3N3O. The molecule has 1 amide bonds. The lowest BCUT2D eigenvalue weighted by Gasteiger charge is -2.13. The number of halogens is 4. The average Bonchev–Trinajstić information content (AvgIpc) is 2.80. The van der Waals surface area contributed by atoms with Gasteiger partial charge in [0.1, 0.15) is 0 Å². The maximum Gasteiger partial charge on any atom is 0.417 e. The summed E-state index contributed by atoms with van der Waals surface area (Å²) >= 11 is 2.97. The van der Waals surface area contributed by atoms with Gasteiger partial charge in [0, 0.05) is 22.3 Å². The van der Waals surface area contributed by atoms with Crippen molar-refractivity contribution < 1.29 is 18.0 Å². The molecule has 0 unspecified atom stereocenters. The van der Waals surface area contributed by atoms with Crippen LogP contribution in [0.2, 0.25) is 0 Å². The van der Waals surface area contributed by atoms with Crippen LogP contribution in [0.4, 0.5) is 13.2 Å². The second-order valence-electron chi connectivity index (χ2n) is 4.39. The summed E-state index contributed by atoms with van der Waals surface area (Å²) in [6, 6.07) is 3.43. The predicted octanol–water partition coefficient (Wildman–Crippen LogP) is 3.43. The third-order valence-corrected chi connectivity index (χ3v) is 3.40. The number of carbonyl (C=O) groups is 1. The van der Waals surface area contributed by atoms with Crippen LogP contribution in [0, 0.1) is 6.92 Å². The van der Waals surface area contributed by atoms with Gasteiger partial charge in [-0.15, -0.1) is 0 Å². The Balaban J connectivity index is 2.21. The van der Waals surface area contributed by atoms with Crippen LogP contribution in [0.3, 0.4) is 0 Å². The number of H-pyrrole nitrogens is 1. The second kappa shape index (κ2) is 5.88. The van der Waals surface area contributed by atoms with Crippen molar-refractivity contribution in [2.75, 3.05) is 0 Å². The van der Waals surface area contributed by atoms with Gasteiger partial charge in [0.2, 0.25) is 0 Å². The standard InChI is InChI=1S/C13H11BrF3N3O/c1-7-8(6-19-20-7)5-18-12(21)10-3-2-9(14)4-11(10)13(15,16)17/h2-4,6H,5H2,1H3,(H,18,21)(H,19,20). The summed E-state index contributed by atoms with van der Waals surface area (Å²) in [6.07, 6.45) is -3.08. The molecule has 4 nitrogen and oxygen atoms in total. The maximum atomic E-state index is 13.0. The smallest absolute Gasteiger partial charge is 0.348 e. The molecule has 1 aromatic carbocycles. The van der Waals surface area contributed by atoms with Gasteiger partial charge in [0.05, 0.1) is 17.3 Å². The largest absolute Gasteiger partial charge is 0.417 e. The van der Waals surface area contributed by atoms with Crippen LogP contribution < -0.4 is 5.32 Å². The summed E-state index contributed by atoms with van der Waals surface area (Å²) in [7, 11) is 0. The molecule has 0 saturated heterocycles. The molecule has 0 bridgehead atoms. The van der Waals surface area contributed by atoms with Gasteiger partial charge in [0.15, 0.2) is 0 Å². The summed E-state index contributed by atoms with van der Waals surface area (Å²) in [5.41, 5.74) is 0.0845. The van der Waals surface area contributed by atoms with Gasteiger partial charge in [-0.3, -0.25) is 9.89 Å². The molecule has 0 atom stereocenters. The van der Waals surface area contributed by atoms with Crippen LogP contribution in [-0.2, 0) is 12.7 Å². The van der Waals surface area contributed by atoms with Crippen molar-refractivity contribution in [3.05, 3.63) is 51.3 Å². The zero-order chi connectivity index (χ0) is 15.6. The van der Waals surface area contributed by atoms with E-state index in [0.29, 0.717) is 5.56 Å². The summed E-state index contributed by atoms with van der Waals surface area (Å²) in [6.45, 7) is 1.86. The fourth-order valence-corrected chi connectivity index (χ4v) is 2.13. The first-order valence-electron chi connectivity index (χ1n) is 5.93. The number of benzene rings is 1. The van der Waals surface area contributed by atoms with Crippen molar-refractivity contribution >= 4 is 21.8 Å². The number of nitrogens with zero attached hydrogens (tertiary/aromatic N) is 1. The number of aromatic nitrogens is 2. The van der Waals surface area contributed by atoms with Gasteiger partial charge in [-0.2, -0.15) is 18.3 Å². The molecular weight excluding hydrogens is 351 g/mol. The highest BCUT2D eigenvalue weighted by Gasteiger charge is 2.35. The minimum Gasteiger partial charge on any atom is -0.348 e. The van der Waals surface area contributed by atoms with Crippen molar-refractivity contribution in [1.82, 2.24) is 15.5 Å². The lowest BCUT2D eigenvalue weighted by molar-refractivity contribution is -0.138. The van der Waals surface area contributed by atoms with E-state index in [9.17, 15) is 18.0 Å². The van der Waals surface area contributed by atoms with Gasteiger partial charge < -0.3 is 5.32 Å². The van der Waals surface area contributed by atoms with Crippen LogP contribution in [-0.4, -0.2) is 16.1 Å². The Hall–Kier alpha value is -1.83. The number of nitrogens with one attached hydrogen (secondary N) is 2. The van der Waals surface area contributed by atoms with Gasteiger partial charge in [-0.1, -0.05) is 15.9 Å². The zero-order valence-corrected chi connectivity index (χ0v) is 12.5. The molecule has 21 heavy (non-hydrogen) atoms. The SMILES string of the molecule is Cc1[nH]ncc1CNC(=O)c1ccc(Br)cc1C(F)(F)F. The highest BCUT2D eigenvalue weighted by atomic mass is 79.9. The highest BCUT2D eigenvalue weighted by molar-refractivity contribution is 9.10. The van der Waals surface area contributed by atoms with Crippen LogP contribution >= 0.6 is 15.9 Å². The van der Waals surface area contributed by atoms with E-state index in [1.54, 1.807) is 6.92 Å². The molecule has 112 valence electrons. The molecule has 2 N–H and O–H groups in total. The Labute approximate surface area is 126 Å². The molecule has 0 spiro atoms. The van der Waals surface area contributed by atoms with E-state index in [2.05, 4.69) is 31.4 Å². The first-order valence-corrected chi connectivity index (χ1v) is 6.72. The van der Waals surface area contributed by atoms with E-state index >= 15 is 0 Å². The van der Waals surface area contributed by atoms with Crippen LogP contribution in [0.25, 0.3) is 0 Å².